The van der Waals surface area contributed by atoms with Crippen LogP contribution in [0.1, 0.15) is 0 Å². The molecular formula is C18H16N2O5S. The van der Waals surface area contributed by atoms with Gasteiger partial charge >= 0.3 is 5.69 Å². The van der Waals surface area contributed by atoms with Gasteiger partial charge in [-0.1, -0.05) is 0 Å². The molecule has 3 rings (SSSR count). The van der Waals surface area contributed by atoms with Gasteiger partial charge in [-0.2, -0.15) is 0 Å². The summed E-state index contributed by atoms with van der Waals surface area (Å²) in [5.74, 6) is 1.47. The molecule has 7 nitrogen and oxygen atoms in total. The Labute approximate surface area is 153 Å². The summed E-state index contributed by atoms with van der Waals surface area (Å²) in [5.41, 5.74) is 2.10. The number of ether oxygens (including phenoxy) is 3. The van der Waals surface area contributed by atoms with Crippen LogP contribution in [-0.2, 0) is 0 Å². The van der Waals surface area contributed by atoms with Crippen molar-refractivity contribution >= 4 is 17.0 Å². The lowest BCUT2D eigenvalue weighted by molar-refractivity contribution is -0.385. The van der Waals surface area contributed by atoms with E-state index in [1.807, 2.05) is 23.6 Å². The molecule has 2 aromatic carbocycles. The van der Waals surface area contributed by atoms with Crippen LogP contribution in [-0.4, -0.2) is 31.2 Å². The number of hydrogen-bond donors (Lipinski definition) is 0. The lowest BCUT2D eigenvalue weighted by Crippen LogP contribution is -1.94. The van der Waals surface area contributed by atoms with E-state index in [1.54, 1.807) is 26.4 Å². The first-order valence-corrected chi connectivity index (χ1v) is 8.46. The maximum absolute atomic E-state index is 11.2. The normalized spacial score (nSPS) is 10.4. The Kier molecular flexibility index (Phi) is 5.04. The van der Waals surface area contributed by atoms with Crippen LogP contribution in [0.3, 0.4) is 0 Å². The molecule has 1 heterocycles. The third-order valence-corrected chi connectivity index (χ3v) is 4.70. The van der Waals surface area contributed by atoms with Crippen LogP contribution in [0, 0.1) is 10.1 Å². The summed E-state index contributed by atoms with van der Waals surface area (Å²) in [6.45, 7) is 0. The third-order valence-electron chi connectivity index (χ3n) is 3.81. The van der Waals surface area contributed by atoms with Crippen LogP contribution >= 0.6 is 11.3 Å². The molecule has 134 valence electrons. The van der Waals surface area contributed by atoms with Crippen molar-refractivity contribution in [3.63, 3.8) is 0 Å². The zero-order valence-corrected chi connectivity index (χ0v) is 15.2. The van der Waals surface area contributed by atoms with Crippen LogP contribution in [0.4, 0.5) is 5.69 Å². The van der Waals surface area contributed by atoms with Gasteiger partial charge in [0.1, 0.15) is 5.01 Å². The summed E-state index contributed by atoms with van der Waals surface area (Å²) >= 11 is 1.45. The number of hydrogen-bond acceptors (Lipinski definition) is 7. The Morgan fingerprint density at radius 1 is 0.923 bits per heavy atom. The van der Waals surface area contributed by atoms with E-state index in [0.717, 1.165) is 10.6 Å². The molecule has 26 heavy (non-hydrogen) atoms. The molecule has 0 radical (unpaired) electrons. The summed E-state index contributed by atoms with van der Waals surface area (Å²) in [7, 11) is 4.56. The minimum absolute atomic E-state index is 0.0920. The number of rotatable bonds is 6. The topological polar surface area (TPSA) is 83.7 Å². The van der Waals surface area contributed by atoms with Crippen molar-refractivity contribution in [3.8, 4) is 39.1 Å². The van der Waals surface area contributed by atoms with Crippen molar-refractivity contribution in [1.29, 1.82) is 0 Å². The third kappa shape index (κ3) is 3.31. The second-order valence-corrected chi connectivity index (χ2v) is 6.11. The van der Waals surface area contributed by atoms with Crippen molar-refractivity contribution < 1.29 is 19.1 Å². The Morgan fingerprint density at radius 3 is 2.23 bits per heavy atom. The fourth-order valence-electron chi connectivity index (χ4n) is 2.50. The smallest absolute Gasteiger partial charge is 0.311 e. The van der Waals surface area contributed by atoms with Gasteiger partial charge in [-0.05, 0) is 30.3 Å². The van der Waals surface area contributed by atoms with E-state index in [4.69, 9.17) is 14.2 Å². The highest BCUT2D eigenvalue weighted by molar-refractivity contribution is 7.13. The lowest BCUT2D eigenvalue weighted by Gasteiger charge is -2.08. The highest BCUT2D eigenvalue weighted by Gasteiger charge is 2.17. The first kappa shape index (κ1) is 17.7. The van der Waals surface area contributed by atoms with Crippen LogP contribution in [0.15, 0.2) is 41.8 Å². The molecule has 0 unspecified atom stereocenters. The summed E-state index contributed by atoms with van der Waals surface area (Å²) in [6, 6.07) is 10.3. The fourth-order valence-corrected chi connectivity index (χ4v) is 3.33. The van der Waals surface area contributed by atoms with Crippen LogP contribution in [0.25, 0.3) is 21.8 Å². The quantitative estimate of drug-likeness (QED) is 0.471. The van der Waals surface area contributed by atoms with Crippen molar-refractivity contribution in [2.75, 3.05) is 21.3 Å². The van der Waals surface area contributed by atoms with Crippen LogP contribution in [0.5, 0.6) is 17.2 Å². The SMILES string of the molecule is COc1ccc(-c2nc(-c3ccc(OC)c([N+](=O)[O-])c3)cs2)cc1OC. The monoisotopic (exact) mass is 372 g/mol. The average molecular weight is 372 g/mol. The maximum Gasteiger partial charge on any atom is 0.311 e. The predicted molar refractivity (Wildman–Crippen MR) is 99.3 cm³/mol. The molecule has 0 spiro atoms. The summed E-state index contributed by atoms with van der Waals surface area (Å²) in [6.07, 6.45) is 0. The molecule has 0 amide bonds. The number of aromatic nitrogens is 1. The minimum atomic E-state index is -0.468. The molecule has 0 aliphatic carbocycles. The lowest BCUT2D eigenvalue weighted by atomic mass is 10.1. The first-order chi connectivity index (χ1) is 12.6. The first-order valence-electron chi connectivity index (χ1n) is 7.58. The number of nitro groups is 1. The van der Waals surface area contributed by atoms with Gasteiger partial charge in [0.25, 0.3) is 0 Å². The summed E-state index contributed by atoms with van der Waals surface area (Å²) in [5, 5.41) is 13.8. The van der Waals surface area contributed by atoms with Gasteiger partial charge in [-0.15, -0.1) is 11.3 Å². The van der Waals surface area contributed by atoms with Crippen molar-refractivity contribution in [1.82, 2.24) is 4.98 Å². The molecule has 0 bridgehead atoms. The van der Waals surface area contributed by atoms with Gasteiger partial charge in [0, 0.05) is 22.6 Å². The molecule has 3 aromatic rings. The molecule has 0 atom stereocenters. The number of nitrogens with zero attached hydrogens (tertiary/aromatic N) is 2. The zero-order chi connectivity index (χ0) is 18.7. The fraction of sp³-hybridized carbons (Fsp3) is 0.167. The van der Waals surface area contributed by atoms with E-state index < -0.39 is 4.92 Å². The van der Waals surface area contributed by atoms with Crippen LogP contribution in [0.2, 0.25) is 0 Å². The van der Waals surface area contributed by atoms with Crippen LogP contribution < -0.4 is 14.2 Å². The van der Waals surface area contributed by atoms with Gasteiger partial charge in [-0.25, -0.2) is 4.98 Å². The molecule has 1 aromatic heterocycles. The van der Waals surface area contributed by atoms with Crippen molar-refractivity contribution in [2.24, 2.45) is 0 Å². The number of benzene rings is 2. The maximum atomic E-state index is 11.2. The average Bonchev–Trinajstić information content (AvgIpc) is 3.17. The van der Waals surface area contributed by atoms with E-state index in [1.165, 1.54) is 24.5 Å². The largest absolute Gasteiger partial charge is 0.493 e. The number of methoxy groups -OCH3 is 3. The van der Waals surface area contributed by atoms with Gasteiger partial charge in [0.2, 0.25) is 0 Å². The number of nitro benzene ring substituents is 1. The second kappa shape index (κ2) is 7.40. The highest BCUT2D eigenvalue weighted by Crippen LogP contribution is 2.37. The van der Waals surface area contributed by atoms with Gasteiger partial charge in [0.05, 0.1) is 31.9 Å². The molecule has 8 heteroatoms. The zero-order valence-electron chi connectivity index (χ0n) is 14.4. The molecule has 0 N–H and O–H groups in total. The van der Waals surface area contributed by atoms with E-state index >= 15 is 0 Å². The predicted octanol–water partition coefficient (Wildman–Crippen LogP) is 4.41. The Bertz CT molecular complexity index is 955. The number of thiazole rings is 1. The standard InChI is InChI=1S/C18H16N2O5S/c1-23-15-6-4-11(8-14(15)20(21)22)13-10-26-18(19-13)12-5-7-16(24-2)17(9-12)25-3/h4-10H,1-3H3. The molecule has 0 aliphatic rings. The van der Waals surface area contributed by atoms with E-state index in [9.17, 15) is 10.1 Å². The van der Waals surface area contributed by atoms with E-state index in [0.29, 0.717) is 22.8 Å². The second-order valence-electron chi connectivity index (χ2n) is 5.25. The Hall–Kier alpha value is -3.13. The Balaban J connectivity index is 1.98. The Morgan fingerprint density at radius 2 is 1.58 bits per heavy atom. The van der Waals surface area contributed by atoms with Crippen molar-refractivity contribution in [3.05, 3.63) is 51.9 Å². The molecule has 0 saturated heterocycles. The molecular weight excluding hydrogens is 356 g/mol. The van der Waals surface area contributed by atoms with Gasteiger partial charge < -0.3 is 14.2 Å². The van der Waals surface area contributed by atoms with Crippen molar-refractivity contribution in [2.45, 2.75) is 0 Å². The molecule has 0 saturated carbocycles. The molecule has 0 aliphatic heterocycles. The van der Waals surface area contributed by atoms with E-state index in [-0.39, 0.29) is 11.4 Å². The molecule has 0 fully saturated rings. The minimum Gasteiger partial charge on any atom is -0.493 e. The highest BCUT2D eigenvalue weighted by atomic mass is 32.1. The summed E-state index contributed by atoms with van der Waals surface area (Å²) in [4.78, 5) is 15.3. The summed E-state index contributed by atoms with van der Waals surface area (Å²) < 4.78 is 15.6. The van der Waals surface area contributed by atoms with E-state index in [2.05, 4.69) is 4.98 Å². The van der Waals surface area contributed by atoms with Gasteiger partial charge in [0.15, 0.2) is 17.2 Å². The van der Waals surface area contributed by atoms with Gasteiger partial charge in [-0.3, -0.25) is 10.1 Å².